The summed E-state index contributed by atoms with van der Waals surface area (Å²) in [7, 11) is 0. The molecule has 0 radical (unpaired) electrons. The molecule has 1 unspecified atom stereocenters. The van der Waals surface area contributed by atoms with Crippen LogP contribution in [0.1, 0.15) is 31.2 Å². The van der Waals surface area contributed by atoms with Crippen molar-refractivity contribution in [3.63, 3.8) is 0 Å². The number of nitrogens with zero attached hydrogens (tertiary/aromatic N) is 1. The van der Waals surface area contributed by atoms with Crippen LogP contribution in [0.15, 0.2) is 48.5 Å². The summed E-state index contributed by atoms with van der Waals surface area (Å²) in [5, 5.41) is 5.21. The molecule has 136 valence electrons. The Labute approximate surface area is 152 Å². The van der Waals surface area contributed by atoms with Crippen LogP contribution in [-0.4, -0.2) is 29.9 Å². The second-order valence-electron chi connectivity index (χ2n) is 6.50. The van der Waals surface area contributed by atoms with E-state index in [4.69, 9.17) is 0 Å². The number of hydrogen-bond donors (Lipinski definition) is 2. The molecule has 1 aliphatic rings. The molecule has 3 amide bonds. The quantitative estimate of drug-likeness (QED) is 0.867. The Hall–Kier alpha value is -2.89. The van der Waals surface area contributed by atoms with Crippen LogP contribution in [0.25, 0.3) is 0 Å². The summed E-state index contributed by atoms with van der Waals surface area (Å²) in [6.45, 7) is 2.65. The van der Waals surface area contributed by atoms with E-state index in [0.29, 0.717) is 24.7 Å². The van der Waals surface area contributed by atoms with E-state index in [0.717, 1.165) is 12.8 Å². The van der Waals surface area contributed by atoms with Crippen LogP contribution in [0.5, 0.6) is 0 Å². The third-order valence-electron chi connectivity index (χ3n) is 4.51. The number of urea groups is 1. The standard InChI is InChI=1S/C20H22FN3O2/c1-14(25)22-19-12-17(9-10-18(19)21)23-20(26)24-11-5-8-16(13-24)15-6-3-2-4-7-15/h2-4,6-7,9-10,12,16H,5,8,11,13H2,1H3,(H,22,25)(H,23,26). The van der Waals surface area contributed by atoms with Gasteiger partial charge >= 0.3 is 6.03 Å². The van der Waals surface area contributed by atoms with Crippen LogP contribution >= 0.6 is 0 Å². The fraction of sp³-hybridized carbons (Fsp3) is 0.300. The predicted molar refractivity (Wildman–Crippen MR) is 99.7 cm³/mol. The number of hydrogen-bond acceptors (Lipinski definition) is 2. The zero-order valence-corrected chi connectivity index (χ0v) is 14.7. The van der Waals surface area contributed by atoms with Gasteiger partial charge in [0.15, 0.2) is 0 Å². The lowest BCUT2D eigenvalue weighted by Crippen LogP contribution is -2.41. The predicted octanol–water partition coefficient (Wildman–Crippen LogP) is 4.20. The van der Waals surface area contributed by atoms with Crippen LogP contribution in [-0.2, 0) is 4.79 Å². The fourth-order valence-corrected chi connectivity index (χ4v) is 3.25. The minimum Gasteiger partial charge on any atom is -0.324 e. The highest BCUT2D eigenvalue weighted by Crippen LogP contribution is 2.27. The lowest BCUT2D eigenvalue weighted by Gasteiger charge is -2.33. The number of piperidine rings is 1. The largest absolute Gasteiger partial charge is 0.324 e. The van der Waals surface area contributed by atoms with Crippen molar-refractivity contribution in [1.29, 1.82) is 0 Å². The topological polar surface area (TPSA) is 61.4 Å². The molecule has 0 saturated carbocycles. The van der Waals surface area contributed by atoms with Gasteiger partial charge in [-0.15, -0.1) is 0 Å². The molecule has 26 heavy (non-hydrogen) atoms. The number of likely N-dealkylation sites (tertiary alicyclic amines) is 1. The van der Waals surface area contributed by atoms with Crippen molar-refractivity contribution in [2.75, 3.05) is 23.7 Å². The molecule has 3 rings (SSSR count). The summed E-state index contributed by atoms with van der Waals surface area (Å²) in [6, 6.07) is 14.1. The van der Waals surface area contributed by atoms with Gasteiger partial charge in [0.1, 0.15) is 5.82 Å². The van der Waals surface area contributed by atoms with Crippen LogP contribution in [0, 0.1) is 5.82 Å². The van der Waals surface area contributed by atoms with Crippen molar-refractivity contribution in [1.82, 2.24) is 4.90 Å². The third-order valence-corrected chi connectivity index (χ3v) is 4.51. The van der Waals surface area contributed by atoms with E-state index in [9.17, 15) is 14.0 Å². The molecule has 2 aromatic rings. The maximum atomic E-state index is 13.7. The van der Waals surface area contributed by atoms with Crippen molar-refractivity contribution < 1.29 is 14.0 Å². The Morgan fingerprint density at radius 1 is 1.12 bits per heavy atom. The average molecular weight is 355 g/mol. The Balaban J connectivity index is 1.67. The third kappa shape index (κ3) is 4.39. The lowest BCUT2D eigenvalue weighted by molar-refractivity contribution is -0.114. The minimum absolute atomic E-state index is 0.0520. The van der Waals surface area contributed by atoms with Gasteiger partial charge in [0.05, 0.1) is 5.69 Å². The van der Waals surface area contributed by atoms with Crippen LogP contribution in [0.3, 0.4) is 0 Å². The lowest BCUT2D eigenvalue weighted by atomic mass is 9.91. The van der Waals surface area contributed by atoms with Crippen molar-refractivity contribution in [2.45, 2.75) is 25.7 Å². The number of amides is 3. The first kappa shape index (κ1) is 17.9. The van der Waals surface area contributed by atoms with E-state index in [2.05, 4.69) is 22.8 Å². The summed E-state index contributed by atoms with van der Waals surface area (Å²) < 4.78 is 13.7. The number of halogens is 1. The second kappa shape index (κ2) is 7.99. The molecule has 0 bridgehead atoms. The highest BCUT2D eigenvalue weighted by atomic mass is 19.1. The number of rotatable bonds is 3. The van der Waals surface area contributed by atoms with Gasteiger partial charge in [-0.25, -0.2) is 9.18 Å². The molecule has 0 aromatic heterocycles. The smallest absolute Gasteiger partial charge is 0.321 e. The average Bonchev–Trinajstić information content (AvgIpc) is 2.65. The van der Waals surface area contributed by atoms with E-state index < -0.39 is 5.82 Å². The zero-order valence-electron chi connectivity index (χ0n) is 14.7. The molecule has 6 heteroatoms. The van der Waals surface area contributed by atoms with Crippen molar-refractivity contribution in [2.24, 2.45) is 0 Å². The molecular weight excluding hydrogens is 333 g/mol. The molecule has 2 aromatic carbocycles. The number of anilines is 2. The first-order valence-electron chi connectivity index (χ1n) is 8.71. The van der Waals surface area contributed by atoms with E-state index in [1.165, 1.54) is 30.7 Å². The van der Waals surface area contributed by atoms with Crippen LogP contribution in [0.2, 0.25) is 0 Å². The SMILES string of the molecule is CC(=O)Nc1cc(NC(=O)N2CCCC(c3ccccc3)C2)ccc1F. The molecule has 1 atom stereocenters. The first-order chi connectivity index (χ1) is 12.5. The molecule has 2 N–H and O–H groups in total. The fourth-order valence-electron chi connectivity index (χ4n) is 3.25. The maximum absolute atomic E-state index is 13.7. The molecule has 0 aliphatic carbocycles. The van der Waals surface area contributed by atoms with Crippen molar-refractivity contribution >= 4 is 23.3 Å². The summed E-state index contributed by atoms with van der Waals surface area (Å²) >= 11 is 0. The molecule has 1 fully saturated rings. The number of nitrogens with one attached hydrogen (secondary N) is 2. The van der Waals surface area contributed by atoms with E-state index in [1.807, 2.05) is 18.2 Å². The van der Waals surface area contributed by atoms with E-state index >= 15 is 0 Å². The summed E-state index contributed by atoms with van der Waals surface area (Å²) in [4.78, 5) is 25.5. The Bertz CT molecular complexity index is 795. The molecule has 1 saturated heterocycles. The highest BCUT2D eigenvalue weighted by Gasteiger charge is 2.24. The Kier molecular flexibility index (Phi) is 5.51. The van der Waals surface area contributed by atoms with Crippen LogP contribution < -0.4 is 10.6 Å². The molecule has 0 spiro atoms. The van der Waals surface area contributed by atoms with Gasteiger partial charge in [-0.05, 0) is 36.6 Å². The van der Waals surface area contributed by atoms with Gasteiger partial charge in [0.25, 0.3) is 0 Å². The van der Waals surface area contributed by atoms with Gasteiger partial charge < -0.3 is 15.5 Å². The Morgan fingerprint density at radius 2 is 1.88 bits per heavy atom. The zero-order chi connectivity index (χ0) is 18.5. The highest BCUT2D eigenvalue weighted by molar-refractivity contribution is 5.92. The van der Waals surface area contributed by atoms with Gasteiger partial charge in [0.2, 0.25) is 5.91 Å². The van der Waals surface area contributed by atoms with Crippen molar-refractivity contribution in [3.8, 4) is 0 Å². The van der Waals surface area contributed by atoms with Gasteiger partial charge in [-0.2, -0.15) is 0 Å². The first-order valence-corrected chi connectivity index (χ1v) is 8.71. The Morgan fingerprint density at radius 3 is 2.62 bits per heavy atom. The van der Waals surface area contributed by atoms with E-state index in [-0.39, 0.29) is 17.6 Å². The van der Waals surface area contributed by atoms with Gasteiger partial charge in [0, 0.05) is 31.6 Å². The number of carbonyl (C=O) groups is 2. The summed E-state index contributed by atoms with van der Waals surface area (Å²) in [5.74, 6) is -0.590. The van der Waals surface area contributed by atoms with Crippen LogP contribution in [0.4, 0.5) is 20.6 Å². The number of carbonyl (C=O) groups excluding carboxylic acids is 2. The van der Waals surface area contributed by atoms with Crippen molar-refractivity contribution in [3.05, 3.63) is 59.9 Å². The molecular formula is C20H22FN3O2. The second-order valence-corrected chi connectivity index (χ2v) is 6.50. The summed E-state index contributed by atoms with van der Waals surface area (Å²) in [5.41, 5.74) is 1.73. The minimum atomic E-state index is -0.541. The maximum Gasteiger partial charge on any atom is 0.321 e. The van der Waals surface area contributed by atoms with Gasteiger partial charge in [-0.1, -0.05) is 30.3 Å². The normalized spacial score (nSPS) is 16.8. The monoisotopic (exact) mass is 355 g/mol. The number of benzene rings is 2. The molecule has 5 nitrogen and oxygen atoms in total. The molecule has 1 heterocycles. The molecule has 1 aliphatic heterocycles. The summed E-state index contributed by atoms with van der Waals surface area (Å²) in [6.07, 6.45) is 1.99. The van der Waals surface area contributed by atoms with Gasteiger partial charge in [-0.3, -0.25) is 4.79 Å². The van der Waals surface area contributed by atoms with E-state index in [1.54, 1.807) is 4.90 Å².